The summed E-state index contributed by atoms with van der Waals surface area (Å²) >= 11 is 1.88. The molecule has 4 aliphatic rings. The molecule has 0 fully saturated rings. The molecule has 6 aromatic heterocycles. The van der Waals surface area contributed by atoms with Gasteiger partial charge in [-0.25, -0.2) is 0 Å². The Morgan fingerprint density at radius 1 is 0.232 bits per heavy atom. The Bertz CT molecular complexity index is 8940. The van der Waals surface area contributed by atoms with Crippen molar-refractivity contribution in [2.75, 3.05) is 19.6 Å². The monoisotopic (exact) mass is 1870 g/mol. The van der Waals surface area contributed by atoms with E-state index in [2.05, 4.69) is 497 Å². The highest BCUT2D eigenvalue weighted by molar-refractivity contribution is 7.26. The fourth-order valence-electron chi connectivity index (χ4n) is 23.6. The molecule has 9 nitrogen and oxygen atoms in total. The van der Waals surface area contributed by atoms with Crippen LogP contribution in [0.25, 0.3) is 119 Å². The van der Waals surface area contributed by atoms with E-state index in [1.54, 1.807) is 0 Å². The zero-order chi connectivity index (χ0) is 98.3. The van der Waals surface area contributed by atoms with Gasteiger partial charge in [0.1, 0.15) is 27.8 Å². The van der Waals surface area contributed by atoms with Crippen LogP contribution in [-0.4, -0.2) is 22.6 Å². The van der Waals surface area contributed by atoms with Crippen LogP contribution in [0.5, 0.6) is 0 Å². The lowest BCUT2D eigenvalue weighted by Crippen LogP contribution is -2.60. The second-order valence-corrected chi connectivity index (χ2v) is 49.0. The predicted octanol–water partition coefficient (Wildman–Crippen LogP) is 33.2. The van der Waals surface area contributed by atoms with Gasteiger partial charge in [-0.1, -0.05) is 291 Å². The minimum absolute atomic E-state index is 0.0195. The molecule has 0 radical (unpaired) electrons. The van der Waals surface area contributed by atoms with Crippen LogP contribution >= 0.6 is 11.3 Å². The van der Waals surface area contributed by atoms with Gasteiger partial charge in [0.05, 0.1) is 22.4 Å². The second kappa shape index (κ2) is 31.0. The molecule has 12 heteroatoms. The number of furan rings is 3. The van der Waals surface area contributed by atoms with E-state index in [0.29, 0.717) is 0 Å². The fourth-order valence-corrected chi connectivity index (χ4v) is 24.7. The van der Waals surface area contributed by atoms with E-state index in [4.69, 9.17) is 13.3 Å². The van der Waals surface area contributed by atoms with E-state index in [9.17, 15) is 0 Å². The molecule has 26 rings (SSSR count). The first kappa shape index (κ1) is 88.9. The molecule has 10 heterocycles. The molecule has 0 atom stereocenters. The summed E-state index contributed by atoms with van der Waals surface area (Å²) in [6, 6.07) is 117. The maximum absolute atomic E-state index is 7.19. The van der Waals surface area contributed by atoms with Crippen LogP contribution in [0.3, 0.4) is 0 Å². The Hall–Kier alpha value is -14.5. The molecule has 4 aliphatic heterocycles. The Morgan fingerprint density at radius 3 is 1.01 bits per heavy atom. The van der Waals surface area contributed by atoms with Gasteiger partial charge in [0.25, 0.3) is 13.4 Å². The lowest BCUT2D eigenvalue weighted by molar-refractivity contribution is 0.587. The number of anilines is 12. The summed E-state index contributed by atoms with van der Waals surface area (Å²) in [6.45, 7) is 52.7. The van der Waals surface area contributed by atoms with Gasteiger partial charge in [0, 0.05) is 121 Å². The van der Waals surface area contributed by atoms with Gasteiger partial charge in [-0.3, -0.25) is 0 Å². The SMILES string of the molecule is Cc1cc2c3c(c1)-n1c4c(cc(C(C)(C)C)cc4c4oc5ccccc5c41)B3c1ccc(N(c3ccc(C(C)(C)C)cc3)c3ccc(C(C)(C)C)cc3)cc1N2c1cccc2c1oc1cc(C(C)(C)C)ccc12.Cc1cc2c3c(c1)-n1c4c(cc(C(C)(C)C)cc4c4oc5ccccc5c41)B3c1ccc(N(c3ccc(C(C)(C)C)cc3)c3ccc(C(C)(C)C)cc3)cc1N2c1cccc2sc3ccccc3c12. The van der Waals surface area contributed by atoms with Crippen LogP contribution in [0.4, 0.5) is 68.2 Å². The van der Waals surface area contributed by atoms with Gasteiger partial charge in [0.2, 0.25) is 0 Å². The van der Waals surface area contributed by atoms with Gasteiger partial charge in [0.15, 0.2) is 16.7 Å². The average Bonchev–Trinajstić information content (AvgIpc) is 1.41. The molecule has 0 amide bonds. The Balaban J connectivity index is 0.000000149. The summed E-state index contributed by atoms with van der Waals surface area (Å²) < 4.78 is 28.8. The number of fused-ring (bicyclic) bond motifs is 24. The first-order chi connectivity index (χ1) is 67.7. The quantitative estimate of drug-likeness (QED) is 0.141. The molecule has 0 saturated heterocycles. The van der Waals surface area contributed by atoms with Crippen molar-refractivity contribution in [2.45, 2.75) is 197 Å². The van der Waals surface area contributed by atoms with Crippen molar-refractivity contribution in [3.63, 3.8) is 0 Å². The number of hydrogen-bond acceptors (Lipinski definition) is 8. The van der Waals surface area contributed by atoms with E-state index in [1.807, 2.05) is 11.3 Å². The number of thiophene rings is 1. The zero-order valence-corrected chi connectivity index (χ0v) is 86.7. The maximum Gasteiger partial charge on any atom is 0.252 e. The maximum atomic E-state index is 7.19. The van der Waals surface area contributed by atoms with Crippen molar-refractivity contribution in [2.24, 2.45) is 0 Å². The third-order valence-electron chi connectivity index (χ3n) is 31.1. The van der Waals surface area contributed by atoms with E-state index < -0.39 is 0 Å². The Kier molecular flexibility index (Phi) is 19.4. The van der Waals surface area contributed by atoms with E-state index in [0.717, 1.165) is 123 Å². The molecule has 16 aromatic carbocycles. The lowest BCUT2D eigenvalue weighted by Gasteiger charge is -2.41. The van der Waals surface area contributed by atoms with Crippen molar-refractivity contribution < 1.29 is 13.3 Å². The predicted molar refractivity (Wildman–Crippen MR) is 610 cm³/mol. The van der Waals surface area contributed by atoms with Gasteiger partial charge < -0.3 is 42.0 Å². The molecule has 0 N–H and O–H groups in total. The number of benzene rings is 16. The van der Waals surface area contributed by atoms with Crippen molar-refractivity contribution in [3.05, 3.63) is 359 Å². The number of aromatic nitrogens is 2. The molecule has 0 saturated carbocycles. The van der Waals surface area contributed by atoms with Crippen molar-refractivity contribution in [3.8, 4) is 11.4 Å². The largest absolute Gasteiger partial charge is 0.454 e. The van der Waals surface area contributed by atoms with Gasteiger partial charge in [-0.05, 0) is 298 Å². The molecule has 0 bridgehead atoms. The molecular weight excluding hydrogens is 1750 g/mol. The first-order valence-electron chi connectivity index (χ1n) is 50.7. The van der Waals surface area contributed by atoms with Crippen LogP contribution in [-0.2, 0) is 37.9 Å². The number of aryl methyl sites for hydroxylation is 2. The summed E-state index contributed by atoms with van der Waals surface area (Å²) in [6.07, 6.45) is 0. The lowest BCUT2D eigenvalue weighted by atomic mass is 9.33. The molecule has 700 valence electrons. The van der Waals surface area contributed by atoms with Crippen molar-refractivity contribution in [1.82, 2.24) is 9.13 Å². The fraction of sp³-hybridized carbons (Fsp3) is 0.231. The van der Waals surface area contributed by atoms with Crippen LogP contribution in [0.2, 0.25) is 0 Å². The highest BCUT2D eigenvalue weighted by atomic mass is 32.1. The third kappa shape index (κ3) is 13.8. The summed E-state index contributed by atoms with van der Waals surface area (Å²) in [5, 5.41) is 9.39. The number of rotatable bonds is 8. The number of para-hydroxylation sites is 3. The standard InChI is InChI=1S/C67H64BN3O2.C63H56BN3OS/c1-39-33-55-59-56(34-39)71-60-50(63-61(71)49-17-14-15-20-57(49)72-63)35-43(67(11,12)13)36-52(60)68(59)51-32-30-46(69(44-26-21-40(22-27-44)64(2,3)4)45-28-23-41(24-29-45)65(5,6)7)38-54(51)70(55)53-19-16-18-48-47-31-25-42(66(8,9)10)37-58(47)73-62(48)53;1-37-32-51-57-52(33-37)67-58-46(60-59(67)44-16-11-13-19-53(44)68-60)34-40(63(8,9)10)35-48(58)64(57)47-31-30-43(36-50(47)66(51)49-18-15-21-55-56(49)45-17-12-14-20-54(45)69-55)65(41-26-22-38(23-27-41)61(2,3)4)42-28-24-39(25-29-42)62(5,6)7/h14-38H,1-13H3;11-36H,1-10H3. The highest BCUT2D eigenvalue weighted by Crippen LogP contribution is 2.55. The van der Waals surface area contributed by atoms with Crippen LogP contribution in [0, 0.1) is 13.8 Å². The minimum atomic E-state index is -0.121. The third-order valence-corrected chi connectivity index (χ3v) is 32.2. The summed E-state index contributed by atoms with van der Waals surface area (Å²) in [5.74, 6) is 0. The van der Waals surface area contributed by atoms with Crippen LogP contribution in [0.1, 0.15) is 195 Å². The average molecular weight is 1870 g/mol. The normalized spacial score (nSPS) is 13.7. The molecule has 0 aliphatic carbocycles. The Labute approximate surface area is 837 Å². The summed E-state index contributed by atoms with van der Waals surface area (Å²) in [4.78, 5) is 10.0. The van der Waals surface area contributed by atoms with E-state index in [1.165, 1.54) is 148 Å². The topological polar surface area (TPSA) is 62.2 Å². The molecule has 142 heavy (non-hydrogen) atoms. The smallest absolute Gasteiger partial charge is 0.252 e. The van der Waals surface area contributed by atoms with Gasteiger partial charge >= 0.3 is 0 Å². The molecule has 0 unspecified atom stereocenters. The van der Waals surface area contributed by atoms with E-state index >= 15 is 0 Å². The second-order valence-electron chi connectivity index (χ2n) is 47.9. The van der Waals surface area contributed by atoms with Crippen LogP contribution < -0.4 is 52.4 Å². The van der Waals surface area contributed by atoms with Crippen LogP contribution in [0.15, 0.2) is 323 Å². The Morgan fingerprint density at radius 2 is 0.585 bits per heavy atom. The molecular formula is C130H120B2N6O3S. The zero-order valence-electron chi connectivity index (χ0n) is 85.9. The van der Waals surface area contributed by atoms with Gasteiger partial charge in [-0.2, -0.15) is 0 Å². The summed E-state index contributed by atoms with van der Waals surface area (Å²) in [5.41, 5.74) is 45.3. The number of hydrogen-bond donors (Lipinski definition) is 0. The molecule has 0 spiro atoms. The summed E-state index contributed by atoms with van der Waals surface area (Å²) in [7, 11) is 0. The molecule has 22 aromatic rings. The highest BCUT2D eigenvalue weighted by Gasteiger charge is 2.48. The van der Waals surface area contributed by atoms with Crippen molar-refractivity contribution >= 4 is 234 Å². The van der Waals surface area contributed by atoms with Crippen molar-refractivity contribution in [1.29, 1.82) is 0 Å². The number of nitrogens with zero attached hydrogens (tertiary/aromatic N) is 6. The first-order valence-corrected chi connectivity index (χ1v) is 51.5. The minimum Gasteiger partial charge on any atom is -0.454 e. The van der Waals surface area contributed by atoms with E-state index in [-0.39, 0.29) is 51.3 Å². The van der Waals surface area contributed by atoms with Gasteiger partial charge in [-0.15, -0.1) is 11.3 Å².